The summed E-state index contributed by atoms with van der Waals surface area (Å²) in [7, 11) is 0. The zero-order valence-corrected chi connectivity index (χ0v) is 15.9. The lowest BCUT2D eigenvalue weighted by Crippen LogP contribution is -2.30. The average Bonchev–Trinajstić information content (AvgIpc) is 3.18. The highest BCUT2D eigenvalue weighted by atomic mass is 32.2. The molecule has 1 aromatic carbocycles. The number of aromatic nitrogens is 3. The maximum atomic E-state index is 12.5. The summed E-state index contributed by atoms with van der Waals surface area (Å²) < 4.78 is 2.26. The van der Waals surface area contributed by atoms with Crippen LogP contribution in [0.2, 0.25) is 0 Å². The number of thioether (sulfide) groups is 1. The third-order valence-electron chi connectivity index (χ3n) is 4.91. The molecule has 0 bridgehead atoms. The Hall–Kier alpha value is -2.02. The maximum absolute atomic E-state index is 12.5. The van der Waals surface area contributed by atoms with Crippen LogP contribution < -0.4 is 10.2 Å². The quantitative estimate of drug-likeness (QED) is 0.758. The molecule has 0 radical (unpaired) electrons. The van der Waals surface area contributed by atoms with Gasteiger partial charge in [-0.3, -0.25) is 9.36 Å². The van der Waals surface area contributed by atoms with E-state index < -0.39 is 0 Å². The zero-order valence-electron chi connectivity index (χ0n) is 15.1. The summed E-state index contributed by atoms with van der Waals surface area (Å²) in [4.78, 5) is 14.8. The fraction of sp³-hybridized carbons (Fsp3) is 0.526. The summed E-state index contributed by atoms with van der Waals surface area (Å²) in [5.41, 5.74) is 1.11. The molecule has 7 heteroatoms. The molecule has 2 fully saturated rings. The van der Waals surface area contributed by atoms with E-state index in [4.69, 9.17) is 0 Å². The fourth-order valence-corrected chi connectivity index (χ4v) is 4.21. The van der Waals surface area contributed by atoms with E-state index in [1.165, 1.54) is 37.4 Å². The first-order chi connectivity index (χ1) is 12.7. The van der Waals surface area contributed by atoms with E-state index in [0.717, 1.165) is 29.8 Å². The summed E-state index contributed by atoms with van der Waals surface area (Å²) in [5.74, 6) is 1.02. The normalized spacial score (nSPS) is 18.1. The number of anilines is 1. The lowest BCUT2D eigenvalue weighted by Gasteiger charge is -2.18. The molecule has 1 aromatic heterocycles. The van der Waals surface area contributed by atoms with Gasteiger partial charge in [-0.15, -0.1) is 10.2 Å². The largest absolute Gasteiger partial charge is 0.351 e. The Kier molecular flexibility index (Phi) is 5.15. The van der Waals surface area contributed by atoms with Gasteiger partial charge in [0.25, 0.3) is 0 Å². The molecule has 26 heavy (non-hydrogen) atoms. The SMILES string of the molecule is CC(Sc1nnc(N2CCCC2)n1C1CC1)C(=O)NCc1ccccc1. The van der Waals surface area contributed by atoms with E-state index in [1.54, 1.807) is 0 Å². The second kappa shape index (κ2) is 7.70. The molecule has 0 spiro atoms. The van der Waals surface area contributed by atoms with E-state index in [0.29, 0.717) is 12.6 Å². The van der Waals surface area contributed by atoms with Crippen molar-refractivity contribution in [3.63, 3.8) is 0 Å². The van der Waals surface area contributed by atoms with Crippen LogP contribution >= 0.6 is 11.8 Å². The molecule has 1 N–H and O–H groups in total. The topological polar surface area (TPSA) is 63.1 Å². The van der Waals surface area contributed by atoms with E-state index in [-0.39, 0.29) is 11.2 Å². The maximum Gasteiger partial charge on any atom is 0.233 e. The number of nitrogens with one attached hydrogen (secondary N) is 1. The zero-order chi connectivity index (χ0) is 17.9. The predicted molar refractivity (Wildman–Crippen MR) is 103 cm³/mol. The number of carbonyl (C=O) groups excluding carboxylic acids is 1. The molecule has 4 rings (SSSR count). The number of amides is 1. The Morgan fingerprint density at radius 1 is 1.23 bits per heavy atom. The number of benzene rings is 1. The molecular formula is C19H25N5OS. The molecule has 1 aliphatic heterocycles. The van der Waals surface area contributed by atoms with Crippen molar-refractivity contribution >= 4 is 23.6 Å². The van der Waals surface area contributed by atoms with E-state index in [9.17, 15) is 4.79 Å². The second-order valence-corrected chi connectivity index (χ2v) is 8.35. The number of hydrogen-bond acceptors (Lipinski definition) is 5. The van der Waals surface area contributed by atoms with Gasteiger partial charge in [0.05, 0.1) is 5.25 Å². The van der Waals surface area contributed by atoms with Crippen molar-refractivity contribution in [2.75, 3.05) is 18.0 Å². The van der Waals surface area contributed by atoms with Gasteiger partial charge in [0.2, 0.25) is 11.9 Å². The van der Waals surface area contributed by atoms with Gasteiger partial charge in [-0.1, -0.05) is 42.1 Å². The first kappa shape index (κ1) is 17.4. The Morgan fingerprint density at radius 3 is 2.65 bits per heavy atom. The van der Waals surface area contributed by atoms with Crippen molar-refractivity contribution in [1.29, 1.82) is 0 Å². The third kappa shape index (κ3) is 3.87. The number of rotatable bonds is 7. The molecular weight excluding hydrogens is 346 g/mol. The highest BCUT2D eigenvalue weighted by Gasteiger charge is 2.33. The number of carbonyl (C=O) groups is 1. The molecule has 138 valence electrons. The lowest BCUT2D eigenvalue weighted by atomic mass is 10.2. The van der Waals surface area contributed by atoms with Crippen LogP contribution in [-0.4, -0.2) is 39.0 Å². The first-order valence-electron chi connectivity index (χ1n) is 9.40. The van der Waals surface area contributed by atoms with Crippen LogP contribution in [0.4, 0.5) is 5.95 Å². The van der Waals surface area contributed by atoms with E-state index >= 15 is 0 Å². The van der Waals surface area contributed by atoms with E-state index in [1.807, 2.05) is 37.3 Å². The molecule has 1 atom stereocenters. The van der Waals surface area contributed by atoms with Gasteiger partial charge < -0.3 is 10.2 Å². The smallest absolute Gasteiger partial charge is 0.233 e. The monoisotopic (exact) mass is 371 g/mol. The van der Waals surface area contributed by atoms with Crippen LogP contribution in [-0.2, 0) is 11.3 Å². The van der Waals surface area contributed by atoms with Gasteiger partial charge in [-0.05, 0) is 38.2 Å². The third-order valence-corrected chi connectivity index (χ3v) is 5.97. The van der Waals surface area contributed by atoms with Crippen LogP contribution in [0, 0.1) is 0 Å². The van der Waals surface area contributed by atoms with Crippen molar-refractivity contribution in [2.24, 2.45) is 0 Å². The standard InChI is InChI=1S/C19H25N5OS/c1-14(17(25)20-13-15-7-3-2-4-8-15)26-19-22-21-18(23-11-5-6-12-23)24(19)16-9-10-16/h2-4,7-8,14,16H,5-6,9-13H2,1H3,(H,20,25). The number of hydrogen-bond donors (Lipinski definition) is 1. The minimum Gasteiger partial charge on any atom is -0.351 e. The number of nitrogens with zero attached hydrogens (tertiary/aromatic N) is 4. The average molecular weight is 372 g/mol. The Balaban J connectivity index is 1.40. The van der Waals surface area contributed by atoms with Crippen LogP contribution in [0.1, 0.15) is 44.2 Å². The van der Waals surface area contributed by atoms with Gasteiger partial charge in [0.15, 0.2) is 5.16 Å². The molecule has 1 amide bonds. The Bertz CT molecular complexity index is 753. The van der Waals surface area contributed by atoms with Gasteiger partial charge >= 0.3 is 0 Å². The second-order valence-electron chi connectivity index (χ2n) is 7.04. The van der Waals surface area contributed by atoms with Crippen LogP contribution in [0.3, 0.4) is 0 Å². The minimum atomic E-state index is -0.202. The molecule has 2 heterocycles. The summed E-state index contributed by atoms with van der Waals surface area (Å²) in [6.45, 7) is 4.61. The van der Waals surface area contributed by atoms with Gasteiger partial charge in [0.1, 0.15) is 0 Å². The van der Waals surface area contributed by atoms with Crippen molar-refractivity contribution in [2.45, 2.75) is 55.6 Å². The highest BCUT2D eigenvalue weighted by molar-refractivity contribution is 8.00. The summed E-state index contributed by atoms with van der Waals surface area (Å²) in [6, 6.07) is 10.5. The molecule has 2 aliphatic rings. The van der Waals surface area contributed by atoms with Crippen LogP contribution in [0.25, 0.3) is 0 Å². The minimum absolute atomic E-state index is 0.0342. The molecule has 1 saturated heterocycles. The van der Waals surface area contributed by atoms with Crippen LogP contribution in [0.5, 0.6) is 0 Å². The Labute approximate surface area is 158 Å². The Morgan fingerprint density at radius 2 is 1.96 bits per heavy atom. The van der Waals surface area contributed by atoms with Crippen molar-refractivity contribution in [1.82, 2.24) is 20.1 Å². The summed E-state index contributed by atoms with van der Waals surface area (Å²) >= 11 is 1.51. The van der Waals surface area contributed by atoms with E-state index in [2.05, 4.69) is 25.0 Å². The van der Waals surface area contributed by atoms with Crippen molar-refractivity contribution in [3.05, 3.63) is 35.9 Å². The molecule has 2 aromatic rings. The summed E-state index contributed by atoms with van der Waals surface area (Å²) in [5, 5.41) is 12.6. The van der Waals surface area contributed by atoms with Crippen molar-refractivity contribution < 1.29 is 4.79 Å². The highest BCUT2D eigenvalue weighted by Crippen LogP contribution is 2.42. The first-order valence-corrected chi connectivity index (χ1v) is 10.3. The fourth-order valence-electron chi connectivity index (χ4n) is 3.28. The van der Waals surface area contributed by atoms with Crippen LogP contribution in [0.15, 0.2) is 35.5 Å². The van der Waals surface area contributed by atoms with Gasteiger partial charge in [-0.25, -0.2) is 0 Å². The van der Waals surface area contributed by atoms with Crippen molar-refractivity contribution in [3.8, 4) is 0 Å². The summed E-state index contributed by atoms with van der Waals surface area (Å²) in [6.07, 6.45) is 4.80. The lowest BCUT2D eigenvalue weighted by molar-refractivity contribution is -0.120. The molecule has 1 saturated carbocycles. The van der Waals surface area contributed by atoms with Gasteiger partial charge in [-0.2, -0.15) is 0 Å². The molecule has 1 unspecified atom stereocenters. The molecule has 6 nitrogen and oxygen atoms in total. The predicted octanol–water partition coefficient (Wildman–Crippen LogP) is 3.01. The molecule has 1 aliphatic carbocycles. The van der Waals surface area contributed by atoms with Gasteiger partial charge in [0, 0.05) is 25.7 Å².